The molecule has 1 amide bonds. The molecular weight excluding hydrogens is 362 g/mol. The average Bonchev–Trinajstić information content (AvgIpc) is 3.38. The normalized spacial score (nSPS) is 12.4. The summed E-state index contributed by atoms with van der Waals surface area (Å²) in [7, 11) is 0. The van der Waals surface area contributed by atoms with Crippen molar-refractivity contribution in [3.8, 4) is 5.69 Å². The minimum absolute atomic E-state index is 0.0108. The Labute approximate surface area is 170 Å². The Morgan fingerprint density at radius 1 is 1.10 bits per heavy atom. The summed E-state index contributed by atoms with van der Waals surface area (Å²) in [6, 6.07) is 17.7. The van der Waals surface area contributed by atoms with Crippen LogP contribution in [0, 0.1) is 5.92 Å². The van der Waals surface area contributed by atoms with Gasteiger partial charge in [0.2, 0.25) is 5.91 Å². The van der Waals surface area contributed by atoms with E-state index >= 15 is 0 Å². The van der Waals surface area contributed by atoms with Crippen molar-refractivity contribution in [2.45, 2.75) is 32.7 Å². The van der Waals surface area contributed by atoms with Gasteiger partial charge in [0, 0.05) is 12.6 Å². The molecule has 0 fully saturated rings. The third kappa shape index (κ3) is 4.37. The van der Waals surface area contributed by atoms with Crippen molar-refractivity contribution in [1.82, 2.24) is 25.1 Å². The first-order chi connectivity index (χ1) is 14.1. The zero-order valence-electron chi connectivity index (χ0n) is 16.7. The van der Waals surface area contributed by atoms with Crippen LogP contribution in [0.25, 0.3) is 16.7 Å². The van der Waals surface area contributed by atoms with E-state index < -0.39 is 0 Å². The number of nitrogens with zero attached hydrogens (tertiary/aromatic N) is 3. The maximum absolute atomic E-state index is 12.6. The van der Waals surface area contributed by atoms with E-state index in [2.05, 4.69) is 34.2 Å². The van der Waals surface area contributed by atoms with Crippen molar-refractivity contribution in [2.24, 2.45) is 5.92 Å². The summed E-state index contributed by atoms with van der Waals surface area (Å²) in [4.78, 5) is 20.6. The second-order valence-corrected chi connectivity index (χ2v) is 7.56. The van der Waals surface area contributed by atoms with Gasteiger partial charge in [0.15, 0.2) is 0 Å². The predicted molar refractivity (Wildman–Crippen MR) is 114 cm³/mol. The molecule has 0 radical (unpaired) electrons. The number of amides is 1. The number of para-hydroxylation sites is 3. The fraction of sp³-hybridized carbons (Fsp3) is 0.261. The lowest BCUT2D eigenvalue weighted by atomic mass is 10.0. The van der Waals surface area contributed by atoms with Crippen LogP contribution in [0.15, 0.2) is 67.0 Å². The summed E-state index contributed by atoms with van der Waals surface area (Å²) in [5.74, 6) is 1.03. The molecule has 0 aliphatic rings. The van der Waals surface area contributed by atoms with Crippen LogP contribution in [0.5, 0.6) is 0 Å². The summed E-state index contributed by atoms with van der Waals surface area (Å²) >= 11 is 0. The first-order valence-electron chi connectivity index (χ1n) is 9.93. The number of aryl methyl sites for hydroxylation is 1. The Morgan fingerprint density at radius 3 is 2.62 bits per heavy atom. The summed E-state index contributed by atoms with van der Waals surface area (Å²) in [6.07, 6.45) is 4.84. The molecule has 0 aliphatic carbocycles. The van der Waals surface area contributed by atoms with E-state index in [1.54, 1.807) is 0 Å². The van der Waals surface area contributed by atoms with E-state index in [1.165, 1.54) is 0 Å². The fourth-order valence-corrected chi connectivity index (χ4v) is 3.39. The number of carbonyl (C=O) groups is 1. The van der Waals surface area contributed by atoms with E-state index in [-0.39, 0.29) is 17.9 Å². The van der Waals surface area contributed by atoms with Gasteiger partial charge in [-0.1, -0.05) is 44.2 Å². The molecular formula is C23H25N5O. The molecule has 148 valence electrons. The summed E-state index contributed by atoms with van der Waals surface area (Å²) in [5.41, 5.74) is 3.94. The van der Waals surface area contributed by atoms with Crippen LogP contribution in [0.4, 0.5) is 0 Å². The maximum Gasteiger partial charge on any atom is 0.220 e. The Morgan fingerprint density at radius 2 is 1.86 bits per heavy atom. The van der Waals surface area contributed by atoms with Gasteiger partial charge in [-0.2, -0.15) is 5.10 Å². The molecule has 1 unspecified atom stereocenters. The van der Waals surface area contributed by atoms with Crippen molar-refractivity contribution in [3.05, 3.63) is 78.4 Å². The number of imidazole rings is 1. The average molecular weight is 387 g/mol. The molecule has 6 heteroatoms. The second-order valence-electron chi connectivity index (χ2n) is 7.56. The highest BCUT2D eigenvalue weighted by molar-refractivity contribution is 5.77. The number of aromatic nitrogens is 4. The van der Waals surface area contributed by atoms with Gasteiger partial charge in [0.05, 0.1) is 29.0 Å². The Hall–Kier alpha value is -3.41. The monoisotopic (exact) mass is 387 g/mol. The minimum atomic E-state index is -0.151. The van der Waals surface area contributed by atoms with Gasteiger partial charge in [-0.3, -0.25) is 4.79 Å². The van der Waals surface area contributed by atoms with E-state index in [4.69, 9.17) is 0 Å². The topological polar surface area (TPSA) is 75.6 Å². The van der Waals surface area contributed by atoms with Crippen LogP contribution in [0.2, 0.25) is 0 Å². The molecule has 0 saturated heterocycles. The van der Waals surface area contributed by atoms with Crippen LogP contribution in [-0.2, 0) is 11.2 Å². The van der Waals surface area contributed by atoms with Gasteiger partial charge >= 0.3 is 0 Å². The van der Waals surface area contributed by atoms with Crippen LogP contribution < -0.4 is 5.32 Å². The molecule has 29 heavy (non-hydrogen) atoms. The molecule has 2 N–H and O–H groups in total. The molecule has 0 spiro atoms. The highest BCUT2D eigenvalue weighted by Crippen LogP contribution is 2.22. The third-order valence-electron chi connectivity index (χ3n) is 4.98. The third-order valence-corrected chi connectivity index (χ3v) is 4.98. The van der Waals surface area contributed by atoms with E-state index in [1.807, 2.05) is 71.7 Å². The maximum atomic E-state index is 12.6. The van der Waals surface area contributed by atoms with Crippen molar-refractivity contribution in [2.75, 3.05) is 0 Å². The summed E-state index contributed by atoms with van der Waals surface area (Å²) in [6.45, 7) is 4.17. The number of carbonyl (C=O) groups excluding carboxylic acids is 1. The highest BCUT2D eigenvalue weighted by atomic mass is 16.1. The zero-order valence-corrected chi connectivity index (χ0v) is 16.7. The fourth-order valence-electron chi connectivity index (χ4n) is 3.39. The molecule has 0 bridgehead atoms. The van der Waals surface area contributed by atoms with Crippen LogP contribution in [-0.4, -0.2) is 25.7 Å². The van der Waals surface area contributed by atoms with Gasteiger partial charge in [-0.05, 0) is 42.2 Å². The van der Waals surface area contributed by atoms with E-state index in [0.29, 0.717) is 12.8 Å². The quantitative estimate of drug-likeness (QED) is 0.499. The van der Waals surface area contributed by atoms with Gasteiger partial charge in [0.25, 0.3) is 0 Å². The van der Waals surface area contributed by atoms with Crippen molar-refractivity contribution < 1.29 is 4.79 Å². The van der Waals surface area contributed by atoms with Gasteiger partial charge in [-0.25, -0.2) is 9.67 Å². The van der Waals surface area contributed by atoms with Gasteiger partial charge < -0.3 is 10.3 Å². The number of benzene rings is 2. The number of fused-ring (bicyclic) bond motifs is 1. The Bertz CT molecular complexity index is 1060. The largest absolute Gasteiger partial charge is 0.346 e. The van der Waals surface area contributed by atoms with Crippen LogP contribution in [0.1, 0.15) is 37.7 Å². The smallest absolute Gasteiger partial charge is 0.220 e. The summed E-state index contributed by atoms with van der Waals surface area (Å²) in [5, 5.41) is 7.54. The second kappa shape index (κ2) is 8.31. The lowest BCUT2D eigenvalue weighted by Crippen LogP contribution is -2.32. The molecule has 1 atom stereocenters. The van der Waals surface area contributed by atoms with E-state index in [0.717, 1.165) is 28.1 Å². The number of aromatic amines is 1. The molecule has 6 nitrogen and oxygen atoms in total. The molecule has 4 rings (SSSR count). The summed E-state index contributed by atoms with van der Waals surface area (Å²) < 4.78 is 1.83. The van der Waals surface area contributed by atoms with Crippen LogP contribution >= 0.6 is 0 Å². The number of hydrogen-bond acceptors (Lipinski definition) is 3. The molecule has 2 aromatic carbocycles. The van der Waals surface area contributed by atoms with Crippen molar-refractivity contribution >= 4 is 16.9 Å². The number of rotatable bonds is 7. The zero-order chi connectivity index (χ0) is 20.2. The van der Waals surface area contributed by atoms with Gasteiger partial charge in [-0.15, -0.1) is 0 Å². The Kier molecular flexibility index (Phi) is 5.42. The molecule has 0 aliphatic heterocycles. The minimum Gasteiger partial charge on any atom is -0.346 e. The standard InChI is InChI=1S/C23H25N5O/c1-16(2)22(23-25-19-10-6-7-11-20(19)26-23)27-21(29)13-12-17-14-24-28(15-17)18-8-4-3-5-9-18/h3-11,14-16,22H,12-13H2,1-2H3,(H,25,26)(H,27,29). The molecule has 4 aromatic rings. The van der Waals surface area contributed by atoms with Crippen LogP contribution in [0.3, 0.4) is 0 Å². The number of nitrogens with one attached hydrogen (secondary N) is 2. The van der Waals surface area contributed by atoms with Gasteiger partial charge in [0.1, 0.15) is 5.82 Å². The highest BCUT2D eigenvalue weighted by Gasteiger charge is 2.21. The molecule has 0 saturated carbocycles. The lowest BCUT2D eigenvalue weighted by molar-refractivity contribution is -0.122. The number of H-pyrrole nitrogens is 1. The molecule has 2 aromatic heterocycles. The first-order valence-corrected chi connectivity index (χ1v) is 9.93. The Balaban J connectivity index is 1.39. The SMILES string of the molecule is CC(C)C(NC(=O)CCc1cnn(-c2ccccc2)c1)c1nc2ccccc2[nH]1. The van der Waals surface area contributed by atoms with Crippen molar-refractivity contribution in [1.29, 1.82) is 0 Å². The predicted octanol–water partition coefficient (Wildman–Crippen LogP) is 4.19. The van der Waals surface area contributed by atoms with Crippen molar-refractivity contribution in [3.63, 3.8) is 0 Å². The first kappa shape index (κ1) is 18.9. The lowest BCUT2D eigenvalue weighted by Gasteiger charge is -2.20. The van der Waals surface area contributed by atoms with E-state index in [9.17, 15) is 4.79 Å². The number of hydrogen-bond donors (Lipinski definition) is 2. The molecule has 2 heterocycles.